The average molecular weight is 385 g/mol. The van der Waals surface area contributed by atoms with Gasteiger partial charge in [-0.15, -0.1) is 11.8 Å². The zero-order valence-corrected chi connectivity index (χ0v) is 16.9. The Hall–Kier alpha value is -3.10. The van der Waals surface area contributed by atoms with Gasteiger partial charge >= 0.3 is 0 Å². The second kappa shape index (κ2) is 7.49. The van der Waals surface area contributed by atoms with Crippen LogP contribution in [0.3, 0.4) is 0 Å². The van der Waals surface area contributed by atoms with Crippen LogP contribution in [-0.2, 0) is 0 Å². The van der Waals surface area contributed by atoms with Crippen molar-refractivity contribution in [1.82, 2.24) is 14.4 Å². The van der Waals surface area contributed by atoms with Gasteiger partial charge in [0.1, 0.15) is 6.07 Å². The monoisotopic (exact) mass is 384 g/mol. The second-order valence-corrected chi connectivity index (χ2v) is 8.62. The van der Waals surface area contributed by atoms with Crippen molar-refractivity contribution in [3.63, 3.8) is 0 Å². The number of fused-ring (bicyclic) bond motifs is 1. The van der Waals surface area contributed by atoms with Gasteiger partial charge in [-0.1, -0.05) is 32.0 Å². The molecule has 0 saturated heterocycles. The van der Waals surface area contributed by atoms with Crippen molar-refractivity contribution < 1.29 is 0 Å². The number of imidazole rings is 1. The molecule has 0 unspecified atom stereocenters. The summed E-state index contributed by atoms with van der Waals surface area (Å²) in [5.74, 6) is 0. The SMILES string of the molecule is Cc1ccc(-c2cc(C#N)c3ncc(-c4ccc(SC(C)C)cc4)n3c2)cn1. The first-order valence-corrected chi connectivity index (χ1v) is 10.0. The Labute approximate surface area is 168 Å². The quantitative estimate of drug-likeness (QED) is 0.421. The van der Waals surface area contributed by atoms with Gasteiger partial charge in [-0.25, -0.2) is 4.98 Å². The molecule has 0 aliphatic rings. The van der Waals surface area contributed by atoms with E-state index in [2.05, 4.69) is 54.2 Å². The van der Waals surface area contributed by atoms with Crippen molar-refractivity contribution in [2.45, 2.75) is 30.9 Å². The Morgan fingerprint density at radius 2 is 1.71 bits per heavy atom. The van der Waals surface area contributed by atoms with Crippen LogP contribution in [-0.4, -0.2) is 19.6 Å². The number of hydrogen-bond donors (Lipinski definition) is 0. The number of thioether (sulfide) groups is 1. The van der Waals surface area contributed by atoms with Gasteiger partial charge in [0.2, 0.25) is 0 Å². The fourth-order valence-electron chi connectivity index (χ4n) is 3.16. The van der Waals surface area contributed by atoms with E-state index in [1.807, 2.05) is 59.9 Å². The predicted octanol–water partition coefficient (Wildman–Crippen LogP) is 5.74. The first-order valence-electron chi connectivity index (χ1n) is 9.16. The summed E-state index contributed by atoms with van der Waals surface area (Å²) in [6.07, 6.45) is 5.70. The van der Waals surface area contributed by atoms with Crippen molar-refractivity contribution >= 4 is 17.4 Å². The van der Waals surface area contributed by atoms with Gasteiger partial charge in [0.25, 0.3) is 0 Å². The molecule has 0 fully saturated rings. The number of nitrogens with zero attached hydrogens (tertiary/aromatic N) is 4. The van der Waals surface area contributed by atoms with E-state index in [1.54, 1.807) is 0 Å². The molecule has 0 bridgehead atoms. The van der Waals surface area contributed by atoms with E-state index in [-0.39, 0.29) is 0 Å². The molecular formula is C23H20N4S. The van der Waals surface area contributed by atoms with Gasteiger partial charge < -0.3 is 0 Å². The highest BCUT2D eigenvalue weighted by Crippen LogP contribution is 2.29. The van der Waals surface area contributed by atoms with Crippen molar-refractivity contribution in [2.24, 2.45) is 0 Å². The Kier molecular flexibility index (Phi) is 4.89. The minimum Gasteiger partial charge on any atom is -0.298 e. The lowest BCUT2D eigenvalue weighted by atomic mass is 10.1. The first kappa shape index (κ1) is 18.3. The van der Waals surface area contributed by atoms with Gasteiger partial charge in [0.05, 0.1) is 17.5 Å². The molecule has 0 radical (unpaired) electrons. The van der Waals surface area contributed by atoms with Gasteiger partial charge in [-0.2, -0.15) is 5.26 Å². The standard InChI is InChI=1S/C23H20N4S/c1-15(2)28-21-8-6-17(7-9-21)22-13-26-23-19(11-24)10-20(14-27(22)23)18-5-4-16(3)25-12-18/h4-10,12-15H,1-3H3. The number of nitriles is 1. The molecule has 4 nitrogen and oxygen atoms in total. The van der Waals surface area contributed by atoms with Crippen LogP contribution in [0.15, 0.2) is 66.0 Å². The zero-order chi connectivity index (χ0) is 19.7. The minimum atomic E-state index is 0.547. The van der Waals surface area contributed by atoms with Crippen LogP contribution in [0, 0.1) is 18.3 Å². The first-order chi connectivity index (χ1) is 13.5. The van der Waals surface area contributed by atoms with Crippen LogP contribution in [0.5, 0.6) is 0 Å². The van der Waals surface area contributed by atoms with Crippen LogP contribution in [0.4, 0.5) is 0 Å². The Balaban J connectivity index is 1.83. The zero-order valence-electron chi connectivity index (χ0n) is 16.0. The maximum absolute atomic E-state index is 9.63. The normalized spacial score (nSPS) is 11.1. The number of pyridine rings is 2. The van der Waals surface area contributed by atoms with Gasteiger partial charge in [0.15, 0.2) is 5.65 Å². The fourth-order valence-corrected chi connectivity index (χ4v) is 3.99. The summed E-state index contributed by atoms with van der Waals surface area (Å²) < 4.78 is 2.00. The molecule has 3 heterocycles. The highest BCUT2D eigenvalue weighted by Gasteiger charge is 2.12. The van der Waals surface area contributed by atoms with Gasteiger partial charge in [-0.3, -0.25) is 9.38 Å². The number of rotatable bonds is 4. The fraction of sp³-hybridized carbons (Fsp3) is 0.174. The van der Waals surface area contributed by atoms with E-state index >= 15 is 0 Å². The number of hydrogen-bond acceptors (Lipinski definition) is 4. The Morgan fingerprint density at radius 3 is 2.36 bits per heavy atom. The molecule has 0 aliphatic carbocycles. The van der Waals surface area contributed by atoms with Gasteiger partial charge in [0, 0.05) is 44.9 Å². The molecule has 1 aromatic carbocycles. The maximum atomic E-state index is 9.63. The molecule has 5 heteroatoms. The van der Waals surface area contributed by atoms with Crippen LogP contribution in [0.2, 0.25) is 0 Å². The molecule has 4 aromatic rings. The molecule has 138 valence electrons. The Bertz CT molecular complexity index is 1170. The Morgan fingerprint density at radius 1 is 0.964 bits per heavy atom. The van der Waals surface area contributed by atoms with E-state index < -0.39 is 0 Å². The smallest absolute Gasteiger partial charge is 0.155 e. The molecule has 0 N–H and O–H groups in total. The van der Waals surface area contributed by atoms with Crippen LogP contribution >= 0.6 is 11.8 Å². The van der Waals surface area contributed by atoms with E-state index in [1.165, 1.54) is 4.90 Å². The summed E-state index contributed by atoms with van der Waals surface area (Å²) in [7, 11) is 0. The average Bonchev–Trinajstić information content (AvgIpc) is 3.12. The number of aryl methyl sites for hydroxylation is 1. The third-order valence-electron chi connectivity index (χ3n) is 4.49. The minimum absolute atomic E-state index is 0.547. The molecule has 0 saturated carbocycles. The topological polar surface area (TPSA) is 54.0 Å². The lowest BCUT2D eigenvalue weighted by Gasteiger charge is -2.09. The third-order valence-corrected chi connectivity index (χ3v) is 5.51. The van der Waals surface area contributed by atoms with Crippen molar-refractivity contribution in [3.05, 3.63) is 72.3 Å². The maximum Gasteiger partial charge on any atom is 0.155 e. The molecule has 0 aliphatic heterocycles. The molecule has 3 aromatic heterocycles. The van der Waals surface area contributed by atoms with E-state index in [0.717, 1.165) is 28.1 Å². The van der Waals surface area contributed by atoms with Gasteiger partial charge in [-0.05, 0) is 31.2 Å². The summed E-state index contributed by atoms with van der Waals surface area (Å²) in [6.45, 7) is 6.34. The molecule has 0 amide bonds. The van der Waals surface area contributed by atoms with Crippen molar-refractivity contribution in [2.75, 3.05) is 0 Å². The van der Waals surface area contributed by atoms with E-state index in [0.29, 0.717) is 16.5 Å². The largest absolute Gasteiger partial charge is 0.298 e. The van der Waals surface area contributed by atoms with Crippen LogP contribution in [0.25, 0.3) is 28.0 Å². The molecule has 4 rings (SSSR count). The lowest BCUT2D eigenvalue weighted by Crippen LogP contribution is -1.94. The summed E-state index contributed by atoms with van der Waals surface area (Å²) in [6, 6.07) is 16.7. The summed E-state index contributed by atoms with van der Waals surface area (Å²) in [5.41, 5.74) is 6.15. The predicted molar refractivity (Wildman–Crippen MR) is 114 cm³/mol. The lowest BCUT2D eigenvalue weighted by molar-refractivity contribution is 1.11. The summed E-state index contributed by atoms with van der Waals surface area (Å²) in [4.78, 5) is 10.1. The second-order valence-electron chi connectivity index (χ2n) is 6.97. The molecule has 0 spiro atoms. The number of benzene rings is 1. The van der Waals surface area contributed by atoms with Crippen molar-refractivity contribution in [3.8, 4) is 28.5 Å². The summed E-state index contributed by atoms with van der Waals surface area (Å²) >= 11 is 1.84. The summed E-state index contributed by atoms with van der Waals surface area (Å²) in [5, 5.41) is 10.2. The van der Waals surface area contributed by atoms with Crippen LogP contribution in [0.1, 0.15) is 25.1 Å². The highest BCUT2D eigenvalue weighted by molar-refractivity contribution is 7.99. The van der Waals surface area contributed by atoms with Crippen LogP contribution < -0.4 is 0 Å². The van der Waals surface area contributed by atoms with E-state index in [4.69, 9.17) is 0 Å². The number of aromatic nitrogens is 3. The van der Waals surface area contributed by atoms with Crippen molar-refractivity contribution in [1.29, 1.82) is 5.26 Å². The molecule has 0 atom stereocenters. The third kappa shape index (κ3) is 3.51. The molecule has 28 heavy (non-hydrogen) atoms. The molecular weight excluding hydrogens is 364 g/mol. The highest BCUT2D eigenvalue weighted by atomic mass is 32.2. The van der Waals surface area contributed by atoms with E-state index in [9.17, 15) is 5.26 Å².